The molecule has 3 atom stereocenters. The number of likely N-dealkylation sites (tertiary alicyclic amines) is 1. The van der Waals surface area contributed by atoms with Crippen LogP contribution < -0.4 is 5.32 Å². The van der Waals surface area contributed by atoms with Crippen LogP contribution in [0.3, 0.4) is 0 Å². The molecule has 2 aliphatic heterocycles. The Kier molecular flexibility index (Phi) is 8.51. The van der Waals surface area contributed by atoms with Gasteiger partial charge in [0.15, 0.2) is 0 Å². The molecule has 10 heteroatoms. The van der Waals surface area contributed by atoms with Crippen LogP contribution in [-0.4, -0.2) is 79.0 Å². The lowest BCUT2D eigenvalue weighted by molar-refractivity contribution is -0.155. The number of nitrogens with one attached hydrogen (secondary N) is 2. The van der Waals surface area contributed by atoms with Crippen molar-refractivity contribution in [2.45, 2.75) is 70.1 Å². The summed E-state index contributed by atoms with van der Waals surface area (Å²) in [6.07, 6.45) is -0.617. The summed E-state index contributed by atoms with van der Waals surface area (Å²) in [4.78, 5) is 11.9. The van der Waals surface area contributed by atoms with Gasteiger partial charge < -0.3 is 15.2 Å². The van der Waals surface area contributed by atoms with Gasteiger partial charge in [0.1, 0.15) is 8.07 Å². The van der Waals surface area contributed by atoms with Crippen LogP contribution >= 0.6 is 0 Å². The molecule has 0 bridgehead atoms. The summed E-state index contributed by atoms with van der Waals surface area (Å²) in [7, 11) is -1.56. The first-order valence-corrected chi connectivity index (χ1v) is 17.9. The third-order valence-electron chi connectivity index (χ3n) is 7.87. The Morgan fingerprint density at radius 2 is 1.98 bits per heavy atom. The quantitative estimate of drug-likeness (QED) is 0.188. The van der Waals surface area contributed by atoms with Gasteiger partial charge in [-0.05, 0) is 62.1 Å². The summed E-state index contributed by atoms with van der Waals surface area (Å²) in [5.41, 5.74) is 8.45. The van der Waals surface area contributed by atoms with Gasteiger partial charge in [0.25, 0.3) is 0 Å². The van der Waals surface area contributed by atoms with Gasteiger partial charge >= 0.3 is 6.18 Å². The van der Waals surface area contributed by atoms with Gasteiger partial charge in [-0.15, -0.1) is 5.54 Å². The molecule has 1 saturated heterocycles. The second-order valence-electron chi connectivity index (χ2n) is 12.5. The second-order valence-corrected chi connectivity index (χ2v) is 17.2. The summed E-state index contributed by atoms with van der Waals surface area (Å²) in [5.74, 6) is 3.32. The molecule has 0 saturated carbocycles. The molecule has 3 aromatic rings. The van der Waals surface area contributed by atoms with Crippen molar-refractivity contribution < 1.29 is 17.6 Å². The number of hydrogen-bond acceptors (Lipinski definition) is 4. The van der Waals surface area contributed by atoms with Gasteiger partial charge in [-0.1, -0.05) is 25.6 Å². The number of anilines is 1. The van der Waals surface area contributed by atoms with Crippen LogP contribution in [0.4, 0.5) is 23.2 Å². The lowest BCUT2D eigenvalue weighted by Crippen LogP contribution is -2.47. The molecule has 220 valence electrons. The van der Waals surface area contributed by atoms with Gasteiger partial charge in [-0.2, -0.15) is 13.2 Å². The molecule has 2 N–H and O–H groups in total. The van der Waals surface area contributed by atoms with E-state index >= 15 is 0 Å². The first-order valence-electron chi connectivity index (χ1n) is 14.4. The molecule has 0 unspecified atom stereocenters. The average molecular weight is 586 g/mol. The maximum Gasteiger partial charge on any atom is 0.401 e. The Hall–Kier alpha value is -2.87. The molecule has 4 heterocycles. The predicted molar refractivity (Wildman–Crippen MR) is 160 cm³/mol. The number of halogens is 4. The molecule has 0 spiro atoms. The van der Waals surface area contributed by atoms with E-state index in [-0.39, 0.29) is 18.8 Å². The fourth-order valence-corrected chi connectivity index (χ4v) is 6.51. The Morgan fingerprint density at radius 3 is 2.66 bits per heavy atom. The van der Waals surface area contributed by atoms with Crippen molar-refractivity contribution in [2.24, 2.45) is 0 Å². The van der Waals surface area contributed by atoms with Crippen LogP contribution in [0.1, 0.15) is 48.3 Å². The smallest absolute Gasteiger partial charge is 0.380 e. The third-order valence-corrected chi connectivity index (χ3v) is 8.75. The van der Waals surface area contributed by atoms with E-state index in [1.165, 1.54) is 4.90 Å². The number of aromatic amines is 1. The number of H-pyrrole nitrogens is 1. The normalized spacial score (nSPS) is 22.0. The average Bonchev–Trinajstić information content (AvgIpc) is 3.50. The Morgan fingerprint density at radius 1 is 1.17 bits per heavy atom. The van der Waals surface area contributed by atoms with E-state index in [9.17, 15) is 17.6 Å². The minimum absolute atomic E-state index is 0.234. The second kappa shape index (κ2) is 11.8. The lowest BCUT2D eigenvalue weighted by atomic mass is 9.90. The summed E-state index contributed by atoms with van der Waals surface area (Å²) < 4.78 is 53.9. The van der Waals surface area contributed by atoms with Gasteiger partial charge in [-0.25, -0.2) is 0 Å². The minimum atomic E-state index is -4.34. The predicted octanol–water partition coefficient (Wildman–Crippen LogP) is 6.54. The number of benzene rings is 1. The van der Waals surface area contributed by atoms with E-state index in [4.69, 9.17) is 4.98 Å². The number of pyridine rings is 1. The van der Waals surface area contributed by atoms with Crippen molar-refractivity contribution in [1.82, 2.24) is 19.8 Å². The minimum Gasteiger partial charge on any atom is -0.380 e. The Balaban J connectivity index is 1.46. The number of hydrogen-bond donors (Lipinski definition) is 2. The first kappa shape index (κ1) is 29.6. The largest absolute Gasteiger partial charge is 0.401 e. The van der Waals surface area contributed by atoms with Crippen molar-refractivity contribution in [2.75, 3.05) is 38.2 Å². The van der Waals surface area contributed by atoms with Crippen LogP contribution in [0.25, 0.3) is 10.9 Å². The number of fused-ring (bicyclic) bond motifs is 3. The van der Waals surface area contributed by atoms with E-state index in [0.29, 0.717) is 18.5 Å². The van der Waals surface area contributed by atoms with Crippen molar-refractivity contribution in [3.8, 4) is 11.5 Å². The molecule has 5 rings (SSSR count). The molecular weight excluding hydrogens is 546 g/mol. The zero-order valence-corrected chi connectivity index (χ0v) is 25.2. The Bertz CT molecular complexity index is 1420. The van der Waals surface area contributed by atoms with Crippen molar-refractivity contribution in [1.29, 1.82) is 0 Å². The maximum absolute atomic E-state index is 13.8. The van der Waals surface area contributed by atoms with Crippen LogP contribution in [0.15, 0.2) is 36.5 Å². The van der Waals surface area contributed by atoms with Gasteiger partial charge in [0.05, 0.1) is 36.8 Å². The SMILES string of the molecule is C[C@@H]1Cc2c([nH]c3ccc(C#C[Si](C)(C)C)cc23)[C@@H](c2ccc(N[C@H]3CCN(CCCF)C3)cn2)N1CC(F)(F)F. The van der Waals surface area contributed by atoms with E-state index in [1.807, 2.05) is 31.2 Å². The third kappa shape index (κ3) is 7.14. The monoisotopic (exact) mass is 585 g/mol. The molecule has 2 aliphatic rings. The number of alkyl halides is 4. The molecule has 5 nitrogen and oxygen atoms in total. The maximum atomic E-state index is 13.8. The standard InChI is InChI=1S/C31H39F4N5Si/c1-21-16-26-25-17-22(11-15-41(2,3)4)6-8-27(25)38-29(26)30(40(21)20-31(33,34)35)28-9-7-23(18-36-28)37-24-10-14-39(19-24)13-5-12-32/h6-9,17-18,21,24,30,37-38H,5,10,12-14,16,19-20H2,1-4H3/t21-,24+,30-/m1/s1. The highest BCUT2D eigenvalue weighted by Crippen LogP contribution is 2.41. The van der Waals surface area contributed by atoms with E-state index in [1.54, 1.807) is 6.20 Å². The van der Waals surface area contributed by atoms with Crippen LogP contribution in [-0.2, 0) is 6.42 Å². The summed E-state index contributed by atoms with van der Waals surface area (Å²) in [5, 5.41) is 4.51. The van der Waals surface area contributed by atoms with Crippen LogP contribution in [0, 0.1) is 11.5 Å². The zero-order valence-electron chi connectivity index (χ0n) is 24.2. The van der Waals surface area contributed by atoms with E-state index < -0.39 is 26.8 Å². The van der Waals surface area contributed by atoms with Gasteiger partial charge in [0.2, 0.25) is 0 Å². The highest BCUT2D eigenvalue weighted by Gasteiger charge is 2.42. The summed E-state index contributed by atoms with van der Waals surface area (Å²) in [6.45, 7) is 9.64. The van der Waals surface area contributed by atoms with Crippen molar-refractivity contribution >= 4 is 24.7 Å². The topological polar surface area (TPSA) is 47.2 Å². The fraction of sp³-hybridized carbons (Fsp3) is 0.516. The molecule has 0 aliphatic carbocycles. The molecule has 0 radical (unpaired) electrons. The highest BCUT2D eigenvalue weighted by molar-refractivity contribution is 6.83. The summed E-state index contributed by atoms with van der Waals surface area (Å²) >= 11 is 0. The molecule has 41 heavy (non-hydrogen) atoms. The highest BCUT2D eigenvalue weighted by atomic mass is 28.3. The van der Waals surface area contributed by atoms with Crippen molar-refractivity contribution in [3.63, 3.8) is 0 Å². The number of rotatable bonds is 7. The molecule has 1 fully saturated rings. The van der Waals surface area contributed by atoms with Crippen molar-refractivity contribution in [3.05, 3.63) is 59.0 Å². The molecular formula is C31H39F4N5Si. The Labute approximate surface area is 240 Å². The molecule has 1 aromatic carbocycles. The number of aromatic nitrogens is 2. The molecule has 0 amide bonds. The van der Waals surface area contributed by atoms with E-state index in [0.717, 1.165) is 59.5 Å². The molecule has 2 aromatic heterocycles. The zero-order chi connectivity index (χ0) is 29.4. The first-order chi connectivity index (χ1) is 19.4. The summed E-state index contributed by atoms with van der Waals surface area (Å²) in [6, 6.07) is 9.01. The fourth-order valence-electron chi connectivity index (χ4n) is 5.99. The number of nitrogens with zero attached hydrogens (tertiary/aromatic N) is 3. The van der Waals surface area contributed by atoms with E-state index in [2.05, 4.69) is 52.4 Å². The van der Waals surface area contributed by atoms with Gasteiger partial charge in [-0.3, -0.25) is 14.3 Å². The van der Waals surface area contributed by atoms with Gasteiger partial charge in [0, 0.05) is 53.9 Å². The van der Waals surface area contributed by atoms with Crippen LogP contribution in [0.5, 0.6) is 0 Å². The van der Waals surface area contributed by atoms with Crippen LogP contribution in [0.2, 0.25) is 19.6 Å². The lowest BCUT2D eigenvalue weighted by Gasteiger charge is -2.40.